The quantitative estimate of drug-likeness (QED) is 0.648. The first kappa shape index (κ1) is 12.3. The van der Waals surface area contributed by atoms with Crippen molar-refractivity contribution in [1.82, 2.24) is 0 Å². The van der Waals surface area contributed by atoms with Crippen molar-refractivity contribution >= 4 is 46.1 Å². The van der Waals surface area contributed by atoms with Crippen LogP contribution in [0, 0.1) is 0 Å². The average Bonchev–Trinajstić information content (AvgIpc) is 2.74. The minimum absolute atomic E-state index is 0.0654. The molecule has 0 spiro atoms. The van der Waals surface area contributed by atoms with Gasteiger partial charge in [0.15, 0.2) is 0 Å². The molecule has 16 heavy (non-hydrogen) atoms. The lowest BCUT2D eigenvalue weighted by Crippen LogP contribution is -1.94. The Labute approximate surface area is 114 Å². The Hall–Kier alpha value is -0.210. The third kappa shape index (κ3) is 2.92. The van der Waals surface area contributed by atoms with E-state index >= 15 is 0 Å². The van der Waals surface area contributed by atoms with Crippen LogP contribution in [0.15, 0.2) is 35.0 Å². The Morgan fingerprint density at radius 1 is 1.12 bits per heavy atom. The lowest BCUT2D eigenvalue weighted by Gasteiger charge is -2.09. The molecular weight excluding hydrogens is 283 g/mol. The second-order valence-corrected chi connectivity index (χ2v) is 5.60. The first-order valence-electron chi connectivity index (χ1n) is 4.77. The highest BCUT2D eigenvalue weighted by atomic mass is 35.5. The lowest BCUT2D eigenvalue weighted by atomic mass is 10.1. The van der Waals surface area contributed by atoms with Gasteiger partial charge >= 0.3 is 0 Å². The molecule has 1 heterocycles. The molecule has 0 bridgehead atoms. The van der Waals surface area contributed by atoms with E-state index in [9.17, 15) is 0 Å². The largest absolute Gasteiger partial charge is 0.152 e. The number of halogens is 3. The van der Waals surface area contributed by atoms with E-state index in [1.807, 2.05) is 17.5 Å². The van der Waals surface area contributed by atoms with Gasteiger partial charge in [-0.1, -0.05) is 29.3 Å². The van der Waals surface area contributed by atoms with Gasteiger partial charge in [0.25, 0.3) is 0 Å². The lowest BCUT2D eigenvalue weighted by molar-refractivity contribution is 0.925. The Morgan fingerprint density at radius 3 is 2.56 bits per heavy atom. The fourth-order valence-corrected chi connectivity index (χ4v) is 2.74. The molecular formula is C12H9Cl3S. The molecule has 0 aliphatic rings. The maximum absolute atomic E-state index is 6.32. The molecule has 1 aromatic heterocycles. The van der Waals surface area contributed by atoms with Crippen LogP contribution < -0.4 is 0 Å². The minimum Gasteiger partial charge on any atom is -0.152 e. The molecule has 2 rings (SSSR count). The van der Waals surface area contributed by atoms with Gasteiger partial charge in [-0.2, -0.15) is 11.3 Å². The van der Waals surface area contributed by atoms with Crippen molar-refractivity contribution in [1.29, 1.82) is 0 Å². The fraction of sp³-hybridized carbons (Fsp3) is 0.167. The van der Waals surface area contributed by atoms with Crippen LogP contribution in [0.1, 0.15) is 16.5 Å². The molecule has 1 atom stereocenters. The van der Waals surface area contributed by atoms with E-state index in [1.165, 1.54) is 5.56 Å². The van der Waals surface area contributed by atoms with Crippen LogP contribution in [-0.4, -0.2) is 0 Å². The van der Waals surface area contributed by atoms with Gasteiger partial charge in [0.1, 0.15) is 0 Å². The Bertz CT molecular complexity index is 465. The monoisotopic (exact) mass is 290 g/mol. The molecule has 0 nitrogen and oxygen atoms in total. The van der Waals surface area contributed by atoms with Gasteiger partial charge in [0.05, 0.1) is 15.4 Å². The highest BCUT2D eigenvalue weighted by Crippen LogP contribution is 2.30. The second-order valence-electron chi connectivity index (χ2n) is 3.48. The summed E-state index contributed by atoms with van der Waals surface area (Å²) in [6.07, 6.45) is 0.809. The summed E-state index contributed by atoms with van der Waals surface area (Å²) >= 11 is 19.8. The summed E-state index contributed by atoms with van der Waals surface area (Å²) in [4.78, 5) is 0. The van der Waals surface area contributed by atoms with Gasteiger partial charge < -0.3 is 0 Å². The van der Waals surface area contributed by atoms with Crippen molar-refractivity contribution in [3.8, 4) is 0 Å². The van der Waals surface area contributed by atoms with E-state index in [0.29, 0.717) is 10.0 Å². The van der Waals surface area contributed by atoms with Gasteiger partial charge in [-0.05, 0) is 46.5 Å². The summed E-state index contributed by atoms with van der Waals surface area (Å²) < 4.78 is 0. The zero-order chi connectivity index (χ0) is 11.5. The van der Waals surface area contributed by atoms with Crippen molar-refractivity contribution in [2.45, 2.75) is 11.8 Å². The maximum Gasteiger partial charge on any atom is 0.0626 e. The third-order valence-corrected chi connectivity index (χ3v) is 4.18. The Morgan fingerprint density at radius 2 is 1.94 bits per heavy atom. The van der Waals surface area contributed by atoms with E-state index in [1.54, 1.807) is 17.4 Å². The minimum atomic E-state index is -0.0654. The summed E-state index contributed by atoms with van der Waals surface area (Å²) in [7, 11) is 0. The molecule has 1 unspecified atom stereocenters. The summed E-state index contributed by atoms with van der Waals surface area (Å²) in [6.45, 7) is 0. The molecule has 0 saturated heterocycles. The molecule has 0 radical (unpaired) electrons. The van der Waals surface area contributed by atoms with Crippen LogP contribution in [-0.2, 0) is 6.42 Å². The van der Waals surface area contributed by atoms with Crippen LogP contribution in [0.25, 0.3) is 0 Å². The highest BCUT2D eigenvalue weighted by Gasteiger charge is 2.10. The number of alkyl halides is 1. The standard InChI is InChI=1S/C12H9Cl3S/c13-10-2-1-9(6-12(10)15)11(14)5-8-3-4-16-7-8/h1-4,6-7,11H,5H2. The summed E-state index contributed by atoms with van der Waals surface area (Å²) in [5, 5.41) is 5.20. The van der Waals surface area contributed by atoms with Crippen molar-refractivity contribution in [2.24, 2.45) is 0 Å². The molecule has 0 amide bonds. The molecule has 0 fully saturated rings. The summed E-state index contributed by atoms with van der Waals surface area (Å²) in [6, 6.07) is 7.60. The Kier molecular flexibility index (Phi) is 4.15. The summed E-state index contributed by atoms with van der Waals surface area (Å²) in [5.74, 6) is 0. The van der Waals surface area contributed by atoms with E-state index in [-0.39, 0.29) is 5.38 Å². The zero-order valence-electron chi connectivity index (χ0n) is 8.29. The average molecular weight is 292 g/mol. The predicted molar refractivity (Wildman–Crippen MR) is 73.1 cm³/mol. The van der Waals surface area contributed by atoms with Gasteiger partial charge in [-0.3, -0.25) is 0 Å². The highest BCUT2D eigenvalue weighted by molar-refractivity contribution is 7.07. The van der Waals surface area contributed by atoms with E-state index in [2.05, 4.69) is 11.4 Å². The number of benzene rings is 1. The van der Waals surface area contributed by atoms with Crippen LogP contribution in [0.4, 0.5) is 0 Å². The first-order valence-corrected chi connectivity index (χ1v) is 6.90. The van der Waals surface area contributed by atoms with Crippen molar-refractivity contribution in [3.63, 3.8) is 0 Å². The molecule has 0 aliphatic heterocycles. The van der Waals surface area contributed by atoms with Crippen LogP contribution in [0.3, 0.4) is 0 Å². The Balaban J connectivity index is 2.14. The number of thiophene rings is 1. The molecule has 2 aromatic rings. The van der Waals surface area contributed by atoms with Gasteiger partial charge in [-0.15, -0.1) is 11.6 Å². The second kappa shape index (κ2) is 5.42. The molecule has 1 aromatic carbocycles. The van der Waals surface area contributed by atoms with Gasteiger partial charge in [0, 0.05) is 0 Å². The molecule has 4 heteroatoms. The van der Waals surface area contributed by atoms with Crippen molar-refractivity contribution in [3.05, 3.63) is 56.2 Å². The van der Waals surface area contributed by atoms with Crippen molar-refractivity contribution < 1.29 is 0 Å². The van der Waals surface area contributed by atoms with E-state index in [4.69, 9.17) is 34.8 Å². The maximum atomic E-state index is 6.32. The van der Waals surface area contributed by atoms with Gasteiger partial charge in [-0.25, -0.2) is 0 Å². The van der Waals surface area contributed by atoms with Crippen LogP contribution >= 0.6 is 46.1 Å². The predicted octanol–water partition coefficient (Wildman–Crippen LogP) is 5.58. The number of rotatable bonds is 3. The topological polar surface area (TPSA) is 0 Å². The smallest absolute Gasteiger partial charge is 0.0626 e. The van der Waals surface area contributed by atoms with Crippen molar-refractivity contribution in [2.75, 3.05) is 0 Å². The SMILES string of the molecule is Clc1ccc(C(Cl)Cc2ccsc2)cc1Cl. The van der Waals surface area contributed by atoms with Crippen LogP contribution in [0.5, 0.6) is 0 Å². The zero-order valence-corrected chi connectivity index (χ0v) is 11.4. The number of hydrogen-bond donors (Lipinski definition) is 0. The van der Waals surface area contributed by atoms with Gasteiger partial charge in [0.2, 0.25) is 0 Å². The molecule has 0 N–H and O–H groups in total. The number of hydrogen-bond acceptors (Lipinski definition) is 1. The molecule has 84 valence electrons. The third-order valence-electron chi connectivity index (χ3n) is 2.30. The van der Waals surface area contributed by atoms with E-state index < -0.39 is 0 Å². The molecule has 0 aliphatic carbocycles. The first-order chi connectivity index (χ1) is 7.66. The fourth-order valence-electron chi connectivity index (χ4n) is 1.44. The summed E-state index contributed by atoms with van der Waals surface area (Å²) in [5.41, 5.74) is 2.25. The normalized spacial score (nSPS) is 12.7. The van der Waals surface area contributed by atoms with E-state index in [0.717, 1.165) is 12.0 Å². The van der Waals surface area contributed by atoms with Crippen LogP contribution in [0.2, 0.25) is 10.0 Å². The molecule has 0 saturated carbocycles.